The number of rotatable bonds is 4. The van der Waals surface area contributed by atoms with Gasteiger partial charge >= 0.3 is 0 Å². The van der Waals surface area contributed by atoms with Gasteiger partial charge in [-0.05, 0) is 25.0 Å². The Labute approximate surface area is 135 Å². The zero-order valence-electron chi connectivity index (χ0n) is 13.3. The van der Waals surface area contributed by atoms with Crippen LogP contribution in [0.15, 0.2) is 34.7 Å². The lowest BCUT2D eigenvalue weighted by Gasteiger charge is -2.27. The Hall–Kier alpha value is -2.21. The highest BCUT2D eigenvalue weighted by atomic mass is 16.5. The summed E-state index contributed by atoms with van der Waals surface area (Å²) in [5, 5.41) is 8.35. The highest BCUT2D eigenvalue weighted by Gasteiger charge is 2.30. The molecule has 2 heterocycles. The zero-order chi connectivity index (χ0) is 16.1. The van der Waals surface area contributed by atoms with Gasteiger partial charge in [-0.25, -0.2) is 0 Å². The highest BCUT2D eigenvalue weighted by Crippen LogP contribution is 2.31. The third-order valence-electron chi connectivity index (χ3n) is 4.09. The molecule has 1 saturated heterocycles. The molecule has 1 aromatic carbocycles. The van der Waals surface area contributed by atoms with Gasteiger partial charge < -0.3 is 14.1 Å². The van der Waals surface area contributed by atoms with Crippen molar-refractivity contribution < 1.29 is 13.9 Å². The van der Waals surface area contributed by atoms with Crippen molar-refractivity contribution in [2.75, 3.05) is 20.3 Å². The van der Waals surface area contributed by atoms with Gasteiger partial charge in [-0.2, -0.15) is 0 Å². The molecule has 1 unspecified atom stereocenters. The fraction of sp³-hybridized carbons (Fsp3) is 0.471. The fourth-order valence-corrected chi connectivity index (χ4v) is 2.94. The summed E-state index contributed by atoms with van der Waals surface area (Å²) in [5.41, 5.74) is 0.884. The van der Waals surface area contributed by atoms with Gasteiger partial charge in [0.15, 0.2) is 0 Å². The Morgan fingerprint density at radius 2 is 2.09 bits per heavy atom. The second-order valence-electron chi connectivity index (χ2n) is 5.70. The van der Waals surface area contributed by atoms with E-state index in [-0.39, 0.29) is 18.6 Å². The number of aromatic nitrogens is 2. The van der Waals surface area contributed by atoms with Crippen LogP contribution in [0.1, 0.15) is 37.6 Å². The van der Waals surface area contributed by atoms with E-state index in [9.17, 15) is 4.79 Å². The largest absolute Gasteiger partial charge is 0.418 e. The van der Waals surface area contributed by atoms with Crippen molar-refractivity contribution in [3.05, 3.63) is 36.2 Å². The first-order valence-corrected chi connectivity index (χ1v) is 7.97. The number of hydrogen-bond donors (Lipinski definition) is 0. The van der Waals surface area contributed by atoms with Crippen LogP contribution in [0.4, 0.5) is 0 Å². The molecule has 0 bridgehead atoms. The molecule has 1 amide bonds. The van der Waals surface area contributed by atoms with E-state index in [1.807, 2.05) is 35.2 Å². The number of nitrogens with zero attached hydrogens (tertiary/aromatic N) is 3. The van der Waals surface area contributed by atoms with Gasteiger partial charge in [0.05, 0.1) is 0 Å². The summed E-state index contributed by atoms with van der Waals surface area (Å²) < 4.78 is 10.9. The number of carbonyl (C=O) groups is 1. The van der Waals surface area contributed by atoms with Gasteiger partial charge in [-0.3, -0.25) is 4.79 Å². The van der Waals surface area contributed by atoms with Crippen LogP contribution in [0.5, 0.6) is 0 Å². The highest BCUT2D eigenvalue weighted by molar-refractivity contribution is 5.77. The number of ether oxygens (including phenoxy) is 1. The number of hydrogen-bond acceptors (Lipinski definition) is 5. The molecule has 6 nitrogen and oxygen atoms in total. The van der Waals surface area contributed by atoms with Crippen LogP contribution in [-0.2, 0) is 9.53 Å². The molecule has 1 aliphatic heterocycles. The molecule has 0 radical (unpaired) electrons. The summed E-state index contributed by atoms with van der Waals surface area (Å²) in [4.78, 5) is 14.1. The van der Waals surface area contributed by atoms with Crippen LogP contribution in [-0.4, -0.2) is 41.3 Å². The van der Waals surface area contributed by atoms with Crippen LogP contribution in [0.3, 0.4) is 0 Å². The molecule has 3 rings (SSSR count). The average Bonchev–Trinajstić information content (AvgIpc) is 2.94. The first-order valence-electron chi connectivity index (χ1n) is 7.97. The Kier molecular flexibility index (Phi) is 5.02. The van der Waals surface area contributed by atoms with E-state index in [2.05, 4.69) is 10.2 Å². The van der Waals surface area contributed by atoms with Gasteiger partial charge in [0.2, 0.25) is 17.7 Å². The topological polar surface area (TPSA) is 68.5 Å². The van der Waals surface area contributed by atoms with Crippen LogP contribution in [0, 0.1) is 0 Å². The maximum atomic E-state index is 12.3. The predicted molar refractivity (Wildman–Crippen MR) is 84.5 cm³/mol. The maximum Gasteiger partial charge on any atom is 0.249 e. The van der Waals surface area contributed by atoms with Gasteiger partial charge in [-0.15, -0.1) is 10.2 Å². The molecule has 0 N–H and O–H groups in total. The van der Waals surface area contributed by atoms with Crippen LogP contribution < -0.4 is 0 Å². The van der Waals surface area contributed by atoms with E-state index < -0.39 is 0 Å². The SMILES string of the molecule is COCC(=O)N1CCCCCC1c1nnc(-c2ccccc2)o1. The normalized spacial score (nSPS) is 18.7. The van der Waals surface area contributed by atoms with Gasteiger partial charge in [0.1, 0.15) is 12.6 Å². The maximum absolute atomic E-state index is 12.3. The van der Waals surface area contributed by atoms with Crippen molar-refractivity contribution in [3.8, 4) is 11.5 Å². The minimum Gasteiger partial charge on any atom is -0.418 e. The van der Waals surface area contributed by atoms with Crippen LogP contribution >= 0.6 is 0 Å². The van der Waals surface area contributed by atoms with Crippen molar-refractivity contribution in [1.82, 2.24) is 15.1 Å². The standard InChI is InChI=1S/C17H21N3O3/c1-22-12-15(21)20-11-7-3-6-10-14(20)17-19-18-16(23-17)13-8-4-2-5-9-13/h2,4-5,8-9,14H,3,6-7,10-12H2,1H3. The quantitative estimate of drug-likeness (QED) is 0.868. The average molecular weight is 315 g/mol. The van der Waals surface area contributed by atoms with Crippen molar-refractivity contribution in [2.24, 2.45) is 0 Å². The Morgan fingerprint density at radius 3 is 2.87 bits per heavy atom. The molecular formula is C17H21N3O3. The van der Waals surface area contributed by atoms with Crippen molar-refractivity contribution in [3.63, 3.8) is 0 Å². The summed E-state index contributed by atoms with van der Waals surface area (Å²) in [6.07, 6.45) is 3.98. The number of likely N-dealkylation sites (tertiary alicyclic amines) is 1. The minimum atomic E-state index is -0.162. The smallest absolute Gasteiger partial charge is 0.249 e. The summed E-state index contributed by atoms with van der Waals surface area (Å²) in [6.45, 7) is 0.784. The Morgan fingerprint density at radius 1 is 1.26 bits per heavy atom. The van der Waals surface area contributed by atoms with E-state index in [0.29, 0.717) is 18.3 Å². The Balaban J connectivity index is 1.85. The number of amides is 1. The molecule has 1 aromatic heterocycles. The second kappa shape index (κ2) is 7.37. The molecule has 0 aliphatic carbocycles. The zero-order valence-corrected chi connectivity index (χ0v) is 13.3. The number of methoxy groups -OCH3 is 1. The lowest BCUT2D eigenvalue weighted by Crippen LogP contribution is -2.37. The summed E-state index contributed by atoms with van der Waals surface area (Å²) in [6, 6.07) is 9.50. The Bertz CT molecular complexity index is 642. The predicted octanol–water partition coefficient (Wildman–Crippen LogP) is 2.83. The van der Waals surface area contributed by atoms with Gasteiger partial charge in [0.25, 0.3) is 0 Å². The molecule has 23 heavy (non-hydrogen) atoms. The molecule has 1 aliphatic rings. The molecule has 0 saturated carbocycles. The van der Waals surface area contributed by atoms with E-state index in [0.717, 1.165) is 31.2 Å². The van der Waals surface area contributed by atoms with Gasteiger partial charge in [0, 0.05) is 19.2 Å². The summed E-state index contributed by atoms with van der Waals surface area (Å²) in [7, 11) is 1.53. The molecular weight excluding hydrogens is 294 g/mol. The van der Waals surface area contributed by atoms with Crippen LogP contribution in [0.25, 0.3) is 11.5 Å². The lowest BCUT2D eigenvalue weighted by molar-refractivity contribution is -0.138. The third kappa shape index (κ3) is 3.59. The van der Waals surface area contributed by atoms with E-state index >= 15 is 0 Å². The molecule has 6 heteroatoms. The first-order chi connectivity index (χ1) is 11.3. The molecule has 1 fully saturated rings. The molecule has 1 atom stereocenters. The fourth-order valence-electron chi connectivity index (χ4n) is 2.94. The molecule has 0 spiro atoms. The van der Waals surface area contributed by atoms with Crippen molar-refractivity contribution in [2.45, 2.75) is 31.7 Å². The number of benzene rings is 1. The van der Waals surface area contributed by atoms with E-state index in [1.54, 1.807) is 0 Å². The van der Waals surface area contributed by atoms with Crippen molar-refractivity contribution >= 4 is 5.91 Å². The van der Waals surface area contributed by atoms with Crippen LogP contribution in [0.2, 0.25) is 0 Å². The molecule has 2 aromatic rings. The van der Waals surface area contributed by atoms with Gasteiger partial charge in [-0.1, -0.05) is 31.0 Å². The van der Waals surface area contributed by atoms with E-state index in [1.165, 1.54) is 7.11 Å². The number of carbonyl (C=O) groups excluding carboxylic acids is 1. The van der Waals surface area contributed by atoms with E-state index in [4.69, 9.17) is 9.15 Å². The minimum absolute atomic E-state index is 0.0288. The monoisotopic (exact) mass is 315 g/mol. The summed E-state index contributed by atoms with van der Waals surface area (Å²) in [5.74, 6) is 0.970. The van der Waals surface area contributed by atoms with Crippen molar-refractivity contribution in [1.29, 1.82) is 0 Å². The first kappa shape index (κ1) is 15.7. The summed E-state index contributed by atoms with van der Waals surface area (Å²) >= 11 is 0. The lowest BCUT2D eigenvalue weighted by atomic mass is 10.1. The molecule has 122 valence electrons. The second-order valence-corrected chi connectivity index (χ2v) is 5.70. The third-order valence-corrected chi connectivity index (χ3v) is 4.09.